The monoisotopic (exact) mass is 390 g/mol. The first-order chi connectivity index (χ1) is 14.1. The normalized spacial score (nSPS) is 11.2. The summed E-state index contributed by atoms with van der Waals surface area (Å²) in [7, 11) is 0. The Bertz CT molecular complexity index is 1030. The van der Waals surface area contributed by atoms with E-state index in [0.29, 0.717) is 41.8 Å². The van der Waals surface area contributed by atoms with Gasteiger partial charge in [0, 0.05) is 30.6 Å². The molecule has 3 heterocycles. The molecule has 0 atom stereocenters. The summed E-state index contributed by atoms with van der Waals surface area (Å²) in [5.41, 5.74) is 9.79. The Balaban J connectivity index is 1.70. The minimum Gasteiger partial charge on any atom is -0.455 e. The summed E-state index contributed by atoms with van der Waals surface area (Å²) < 4.78 is 5.94. The molecule has 4 N–H and O–H groups in total. The molecule has 0 radical (unpaired) electrons. The van der Waals surface area contributed by atoms with Crippen molar-refractivity contribution in [2.24, 2.45) is 16.1 Å². The average Bonchev–Trinajstić information content (AvgIpc) is 2.71. The molecule has 0 unspecified atom stereocenters. The third-order valence-electron chi connectivity index (χ3n) is 4.13. The zero-order valence-electron chi connectivity index (χ0n) is 16.3. The fraction of sp³-hybridized carbons (Fsp3) is 0.200. The summed E-state index contributed by atoms with van der Waals surface area (Å²) in [6, 6.07) is 11.2. The second-order valence-corrected chi connectivity index (χ2v) is 6.35. The van der Waals surface area contributed by atoms with Crippen LogP contribution in [0, 0.1) is 19.4 Å². The summed E-state index contributed by atoms with van der Waals surface area (Å²) in [4.78, 5) is 13.1. The van der Waals surface area contributed by atoms with E-state index in [9.17, 15) is 0 Å². The largest absolute Gasteiger partial charge is 0.455 e. The van der Waals surface area contributed by atoms with Crippen LogP contribution < -0.4 is 15.9 Å². The molecule has 3 aromatic rings. The van der Waals surface area contributed by atoms with Crippen molar-refractivity contribution in [2.45, 2.75) is 26.7 Å². The van der Waals surface area contributed by atoms with Crippen LogP contribution in [0.25, 0.3) is 0 Å². The summed E-state index contributed by atoms with van der Waals surface area (Å²) in [6.45, 7) is 3.85. The van der Waals surface area contributed by atoms with Crippen molar-refractivity contribution in [3.8, 4) is 11.5 Å². The Kier molecular flexibility index (Phi) is 6.41. The molecule has 0 bridgehead atoms. The molecular formula is C20H22N8O. The quantitative estimate of drug-likeness (QED) is 0.181. The Morgan fingerprint density at radius 2 is 1.86 bits per heavy atom. The molecule has 29 heavy (non-hydrogen) atoms. The van der Waals surface area contributed by atoms with Crippen LogP contribution in [-0.4, -0.2) is 20.8 Å². The van der Waals surface area contributed by atoms with E-state index in [4.69, 9.17) is 16.1 Å². The Hall–Kier alpha value is -3.88. The zero-order chi connectivity index (χ0) is 20.6. The SMILES string of the molecule is Cc1ccc(Oc2ccnc(Nc3cc(CCC(N=N)=NN)ccn3)c2)c(C)n1. The number of aromatic nitrogens is 3. The fourth-order valence-corrected chi connectivity index (χ4v) is 2.69. The number of pyridine rings is 3. The number of hydrazone groups is 1. The molecule has 3 aromatic heterocycles. The van der Waals surface area contributed by atoms with E-state index >= 15 is 0 Å². The maximum absolute atomic E-state index is 7.01. The standard InChI is InChI=1S/C20H22N8O/c1-13-3-5-17(14(2)25-13)29-16-8-10-24-20(12-16)26-19-11-15(7-9-23-19)4-6-18(27-21)28-22/h3,5,7-12,21H,4,6,22H2,1-2H3,(H,23,24,26). The van der Waals surface area contributed by atoms with Gasteiger partial charge in [0.25, 0.3) is 0 Å². The maximum atomic E-state index is 7.01. The molecule has 3 rings (SSSR count). The van der Waals surface area contributed by atoms with Gasteiger partial charge in [0.2, 0.25) is 0 Å². The van der Waals surface area contributed by atoms with Crippen molar-refractivity contribution in [2.75, 3.05) is 5.32 Å². The third kappa shape index (κ3) is 5.55. The number of nitrogens with one attached hydrogen (secondary N) is 2. The summed E-state index contributed by atoms with van der Waals surface area (Å²) >= 11 is 0. The Morgan fingerprint density at radius 3 is 2.59 bits per heavy atom. The molecule has 0 aromatic carbocycles. The lowest BCUT2D eigenvalue weighted by Gasteiger charge is -2.11. The van der Waals surface area contributed by atoms with E-state index in [1.807, 2.05) is 38.1 Å². The predicted molar refractivity (Wildman–Crippen MR) is 111 cm³/mol. The summed E-state index contributed by atoms with van der Waals surface area (Å²) in [6.07, 6.45) is 4.50. The van der Waals surface area contributed by atoms with E-state index in [0.717, 1.165) is 17.0 Å². The van der Waals surface area contributed by atoms with Gasteiger partial charge in [-0.05, 0) is 56.2 Å². The van der Waals surface area contributed by atoms with Crippen LogP contribution in [0.4, 0.5) is 11.6 Å². The number of anilines is 2. The van der Waals surface area contributed by atoms with Crippen molar-refractivity contribution in [1.29, 1.82) is 5.53 Å². The molecule has 9 heteroatoms. The first kappa shape index (κ1) is 19.9. The summed E-state index contributed by atoms with van der Waals surface area (Å²) in [5, 5.41) is 9.93. The molecule has 0 saturated heterocycles. The lowest BCUT2D eigenvalue weighted by atomic mass is 10.1. The number of hydrogen-bond acceptors (Lipinski definition) is 8. The van der Waals surface area contributed by atoms with E-state index in [2.05, 4.69) is 30.5 Å². The lowest BCUT2D eigenvalue weighted by molar-refractivity contribution is 0.475. The van der Waals surface area contributed by atoms with Crippen molar-refractivity contribution in [1.82, 2.24) is 15.0 Å². The van der Waals surface area contributed by atoms with Gasteiger partial charge in [-0.15, -0.1) is 5.11 Å². The molecule has 0 aliphatic heterocycles. The van der Waals surface area contributed by atoms with Gasteiger partial charge in [-0.2, -0.15) is 5.10 Å². The first-order valence-corrected chi connectivity index (χ1v) is 9.01. The number of ether oxygens (including phenoxy) is 1. The first-order valence-electron chi connectivity index (χ1n) is 9.01. The van der Waals surface area contributed by atoms with E-state index in [-0.39, 0.29) is 0 Å². The molecule has 0 spiro atoms. The predicted octanol–water partition coefficient (Wildman–Crippen LogP) is 4.26. The van der Waals surface area contributed by atoms with Crippen LogP contribution in [-0.2, 0) is 6.42 Å². The minimum atomic E-state index is 0.295. The fourth-order valence-electron chi connectivity index (χ4n) is 2.69. The number of nitrogens with zero attached hydrogens (tertiary/aromatic N) is 5. The molecule has 0 amide bonds. The molecular weight excluding hydrogens is 368 g/mol. The van der Waals surface area contributed by atoms with Gasteiger partial charge in [0.15, 0.2) is 5.84 Å². The zero-order valence-corrected chi connectivity index (χ0v) is 16.3. The number of hydrogen-bond donors (Lipinski definition) is 3. The lowest BCUT2D eigenvalue weighted by Crippen LogP contribution is -2.01. The van der Waals surface area contributed by atoms with Crippen LogP contribution >= 0.6 is 0 Å². The van der Waals surface area contributed by atoms with Crippen LogP contribution in [0.5, 0.6) is 11.5 Å². The van der Waals surface area contributed by atoms with Crippen molar-refractivity contribution >= 4 is 17.5 Å². The van der Waals surface area contributed by atoms with Crippen LogP contribution in [0.2, 0.25) is 0 Å². The maximum Gasteiger partial charge on any atom is 0.170 e. The van der Waals surface area contributed by atoms with E-state index < -0.39 is 0 Å². The van der Waals surface area contributed by atoms with Gasteiger partial charge in [0.05, 0.1) is 5.69 Å². The molecule has 0 aliphatic carbocycles. The smallest absolute Gasteiger partial charge is 0.170 e. The topological polar surface area (TPSA) is 135 Å². The highest BCUT2D eigenvalue weighted by molar-refractivity contribution is 5.82. The minimum absolute atomic E-state index is 0.295. The highest BCUT2D eigenvalue weighted by atomic mass is 16.5. The van der Waals surface area contributed by atoms with Gasteiger partial charge in [-0.1, -0.05) is 0 Å². The van der Waals surface area contributed by atoms with Crippen molar-refractivity contribution < 1.29 is 4.74 Å². The Labute approximate surface area is 168 Å². The summed E-state index contributed by atoms with van der Waals surface area (Å²) in [5.74, 6) is 8.09. The van der Waals surface area contributed by atoms with Crippen LogP contribution in [0.3, 0.4) is 0 Å². The average molecular weight is 390 g/mol. The Morgan fingerprint density at radius 1 is 1.10 bits per heavy atom. The molecule has 148 valence electrons. The van der Waals surface area contributed by atoms with Crippen LogP contribution in [0.15, 0.2) is 59.0 Å². The number of nitrogens with two attached hydrogens (primary N) is 1. The highest BCUT2D eigenvalue weighted by Gasteiger charge is 2.06. The van der Waals surface area contributed by atoms with Crippen molar-refractivity contribution in [3.05, 3.63) is 65.7 Å². The van der Waals surface area contributed by atoms with E-state index in [1.165, 1.54) is 0 Å². The highest BCUT2D eigenvalue weighted by Crippen LogP contribution is 2.26. The molecule has 0 fully saturated rings. The van der Waals surface area contributed by atoms with E-state index in [1.54, 1.807) is 24.5 Å². The van der Waals surface area contributed by atoms with Gasteiger partial charge >= 0.3 is 0 Å². The van der Waals surface area contributed by atoms with Gasteiger partial charge < -0.3 is 15.9 Å². The number of amidine groups is 1. The molecule has 9 nitrogen and oxygen atoms in total. The third-order valence-corrected chi connectivity index (χ3v) is 4.13. The number of rotatable bonds is 7. The van der Waals surface area contributed by atoms with Gasteiger partial charge in [0.1, 0.15) is 23.1 Å². The second kappa shape index (κ2) is 9.36. The van der Waals surface area contributed by atoms with Gasteiger partial charge in [-0.3, -0.25) is 4.98 Å². The molecule has 0 saturated carbocycles. The van der Waals surface area contributed by atoms with Crippen molar-refractivity contribution in [3.63, 3.8) is 0 Å². The van der Waals surface area contributed by atoms with Gasteiger partial charge in [-0.25, -0.2) is 15.5 Å². The second-order valence-electron chi connectivity index (χ2n) is 6.35. The number of aryl methyl sites for hydroxylation is 3. The molecule has 0 aliphatic rings. The van der Waals surface area contributed by atoms with Crippen LogP contribution in [0.1, 0.15) is 23.4 Å².